The quantitative estimate of drug-likeness (QED) is 0.552. The van der Waals surface area contributed by atoms with Crippen molar-refractivity contribution in [1.82, 2.24) is 14.1 Å². The van der Waals surface area contributed by atoms with Crippen molar-refractivity contribution < 1.29 is 14.4 Å². The Morgan fingerprint density at radius 1 is 1.57 bits per heavy atom. The lowest BCUT2D eigenvalue weighted by molar-refractivity contribution is -0.0363. The second-order valence-electron chi connectivity index (χ2n) is 2.23. The molecule has 0 aromatic carbocycles. The summed E-state index contributed by atoms with van der Waals surface area (Å²) < 4.78 is 2.18. The molecule has 0 aromatic rings. The largest absolute Gasteiger partial charge is 0.361 e. The van der Waals surface area contributed by atoms with E-state index in [4.69, 9.17) is 11.3 Å². The summed E-state index contributed by atoms with van der Waals surface area (Å²) in [4.78, 5) is 27.2. The average molecular weight is 215 g/mol. The molecule has 1 heterocycles. The van der Waals surface area contributed by atoms with Crippen LogP contribution in [0.15, 0.2) is 0 Å². The van der Waals surface area contributed by atoms with Gasteiger partial charge in [-0.25, -0.2) is 13.9 Å². The van der Waals surface area contributed by atoms with Gasteiger partial charge < -0.3 is 0 Å². The van der Waals surface area contributed by atoms with E-state index in [1.54, 1.807) is 6.92 Å². The van der Waals surface area contributed by atoms with Gasteiger partial charge in [-0.1, -0.05) is 5.92 Å². The highest BCUT2D eigenvalue weighted by Crippen LogP contribution is 2.20. The monoisotopic (exact) mass is 215 g/mol. The molecule has 1 aliphatic heterocycles. The molecular weight excluding hydrogens is 206 g/mol. The predicted octanol–water partition coefficient (Wildman–Crippen LogP) is 0.582. The number of carbonyl (C=O) groups is 2. The van der Waals surface area contributed by atoms with Gasteiger partial charge in [0.25, 0.3) is 0 Å². The third-order valence-corrected chi connectivity index (χ3v) is 2.17. The van der Waals surface area contributed by atoms with Gasteiger partial charge in [-0.05, 0) is 6.92 Å². The maximum Gasteiger partial charge on any atom is 0.361 e. The van der Waals surface area contributed by atoms with Crippen LogP contribution in [-0.2, 0) is 4.84 Å². The number of urea groups is 2. The van der Waals surface area contributed by atoms with E-state index < -0.39 is 12.1 Å². The lowest BCUT2D eigenvalue weighted by Gasteiger charge is -2.30. The summed E-state index contributed by atoms with van der Waals surface area (Å²) in [6.45, 7) is 2.17. The Balaban J connectivity index is 2.61. The van der Waals surface area contributed by atoms with Gasteiger partial charge in [0.1, 0.15) is 12.1 Å². The van der Waals surface area contributed by atoms with Crippen molar-refractivity contribution in [3.8, 4) is 12.3 Å². The highest BCUT2D eigenvalue weighted by Gasteiger charge is 2.31. The van der Waals surface area contributed by atoms with Crippen LogP contribution in [0, 0.1) is 12.3 Å². The molecule has 0 saturated carbocycles. The lowest BCUT2D eigenvalue weighted by atomic mass is 10.6. The summed E-state index contributed by atoms with van der Waals surface area (Å²) in [5.41, 5.74) is 0. The average Bonchev–Trinajstić information content (AvgIpc) is 2.14. The topological polar surface area (TPSA) is 61.9 Å². The van der Waals surface area contributed by atoms with Gasteiger partial charge in [0.05, 0.1) is 13.2 Å². The smallest absolute Gasteiger partial charge is 0.257 e. The van der Waals surface area contributed by atoms with Crippen molar-refractivity contribution in [2.45, 2.75) is 6.92 Å². The van der Waals surface area contributed by atoms with Gasteiger partial charge in [0, 0.05) is 0 Å². The summed E-state index contributed by atoms with van der Waals surface area (Å²) in [5.74, 6) is 2.30. The van der Waals surface area contributed by atoms with E-state index in [2.05, 4.69) is 11.2 Å². The minimum Gasteiger partial charge on any atom is -0.257 e. The molecule has 0 atom stereocenters. The third kappa shape index (κ3) is 2.31. The van der Waals surface area contributed by atoms with Crippen molar-refractivity contribution >= 4 is 24.2 Å². The lowest BCUT2D eigenvalue weighted by Crippen LogP contribution is -2.51. The predicted molar refractivity (Wildman–Crippen MR) is 50.5 cm³/mol. The molecular formula is C7H9N3O3S. The molecule has 4 amide bonds. The zero-order chi connectivity index (χ0) is 10.6. The Kier molecular flexibility index (Phi) is 3.62. The van der Waals surface area contributed by atoms with E-state index in [1.807, 2.05) is 0 Å². The second-order valence-corrected chi connectivity index (χ2v) is 3.17. The van der Waals surface area contributed by atoms with Gasteiger partial charge in [-0.3, -0.25) is 10.2 Å². The minimum absolute atomic E-state index is 0.105. The molecule has 0 aromatic heterocycles. The van der Waals surface area contributed by atoms with Gasteiger partial charge >= 0.3 is 12.1 Å². The Bertz CT molecular complexity index is 288. The molecule has 1 N–H and O–H groups in total. The first kappa shape index (κ1) is 10.7. The molecule has 1 saturated heterocycles. The first-order chi connectivity index (χ1) is 6.69. The summed E-state index contributed by atoms with van der Waals surface area (Å²) >= 11 is 0.837. The summed E-state index contributed by atoms with van der Waals surface area (Å²) in [6.07, 6.45) is 5.05. The maximum atomic E-state index is 11.1. The van der Waals surface area contributed by atoms with Gasteiger partial charge in [0.15, 0.2) is 0 Å². The standard InChI is InChI=1S/C7H9N3O3S/c1-3-5-9-6(11)8-7(12)10(14-9)13-4-2/h1H,4-5H2,2H3,(H,8,11,12). The molecule has 1 rings (SSSR count). The molecule has 0 aliphatic carbocycles. The Labute approximate surface area is 85.8 Å². The van der Waals surface area contributed by atoms with Crippen LogP contribution in [0.3, 0.4) is 0 Å². The van der Waals surface area contributed by atoms with E-state index in [9.17, 15) is 9.59 Å². The normalized spacial score (nSPS) is 16.6. The molecule has 0 radical (unpaired) electrons. The van der Waals surface area contributed by atoms with Crippen molar-refractivity contribution in [3.63, 3.8) is 0 Å². The highest BCUT2D eigenvalue weighted by molar-refractivity contribution is 7.95. The number of hydrogen-bond acceptors (Lipinski definition) is 4. The number of rotatable bonds is 3. The van der Waals surface area contributed by atoms with Crippen LogP contribution >= 0.6 is 12.1 Å². The molecule has 0 bridgehead atoms. The molecule has 14 heavy (non-hydrogen) atoms. The van der Waals surface area contributed by atoms with Crippen LogP contribution in [0.2, 0.25) is 0 Å². The fourth-order valence-corrected chi connectivity index (χ4v) is 1.45. The van der Waals surface area contributed by atoms with Crippen molar-refractivity contribution in [3.05, 3.63) is 0 Å². The number of nitrogens with one attached hydrogen (secondary N) is 1. The SMILES string of the molecule is C#CCN1SN(OCC)C(=O)NC1=O. The summed E-state index contributed by atoms with van der Waals surface area (Å²) in [5, 5.41) is 2.08. The third-order valence-electron chi connectivity index (χ3n) is 1.26. The Hall–Kier alpha value is -1.39. The zero-order valence-corrected chi connectivity index (χ0v) is 8.34. The number of nitrogens with zero attached hydrogens (tertiary/aromatic N) is 2. The van der Waals surface area contributed by atoms with Gasteiger partial charge in [-0.2, -0.15) is 0 Å². The Morgan fingerprint density at radius 3 is 2.86 bits per heavy atom. The van der Waals surface area contributed by atoms with Crippen LogP contribution < -0.4 is 5.32 Å². The number of terminal acetylenes is 1. The summed E-state index contributed by atoms with van der Waals surface area (Å²) in [7, 11) is 0. The fourth-order valence-electron chi connectivity index (χ4n) is 0.746. The van der Waals surface area contributed by atoms with E-state index in [0.717, 1.165) is 16.6 Å². The maximum absolute atomic E-state index is 11.1. The van der Waals surface area contributed by atoms with E-state index >= 15 is 0 Å². The number of hydroxylamine groups is 1. The van der Waals surface area contributed by atoms with Crippen LogP contribution in [-0.4, -0.2) is 34.0 Å². The number of hydrogen-bond donors (Lipinski definition) is 1. The number of amides is 4. The second kappa shape index (κ2) is 4.74. The first-order valence-electron chi connectivity index (χ1n) is 3.86. The molecule has 7 heteroatoms. The van der Waals surface area contributed by atoms with Crippen molar-refractivity contribution in [2.75, 3.05) is 13.2 Å². The molecule has 0 unspecified atom stereocenters. The minimum atomic E-state index is -0.602. The molecule has 0 spiro atoms. The van der Waals surface area contributed by atoms with Crippen molar-refractivity contribution in [2.24, 2.45) is 0 Å². The van der Waals surface area contributed by atoms with Gasteiger partial charge in [0.2, 0.25) is 0 Å². The van der Waals surface area contributed by atoms with Gasteiger partial charge in [-0.15, -0.1) is 10.9 Å². The Morgan fingerprint density at radius 2 is 2.29 bits per heavy atom. The molecule has 1 fully saturated rings. The molecule has 1 aliphatic rings. The van der Waals surface area contributed by atoms with Crippen LogP contribution in [0.25, 0.3) is 0 Å². The van der Waals surface area contributed by atoms with E-state index in [1.165, 1.54) is 4.31 Å². The first-order valence-corrected chi connectivity index (χ1v) is 4.59. The summed E-state index contributed by atoms with van der Waals surface area (Å²) in [6, 6.07) is -1.14. The van der Waals surface area contributed by atoms with Crippen LogP contribution in [0.1, 0.15) is 6.92 Å². The van der Waals surface area contributed by atoms with Crippen molar-refractivity contribution in [1.29, 1.82) is 0 Å². The van der Waals surface area contributed by atoms with Crippen LogP contribution in [0.5, 0.6) is 0 Å². The van der Waals surface area contributed by atoms with E-state index in [-0.39, 0.29) is 6.54 Å². The zero-order valence-electron chi connectivity index (χ0n) is 7.52. The molecule has 6 nitrogen and oxygen atoms in total. The molecule has 76 valence electrons. The van der Waals surface area contributed by atoms with Crippen LogP contribution in [0.4, 0.5) is 9.59 Å². The number of carbonyl (C=O) groups excluding carboxylic acids is 2. The highest BCUT2D eigenvalue weighted by atomic mass is 32.2. The van der Waals surface area contributed by atoms with E-state index in [0.29, 0.717) is 6.61 Å². The fraction of sp³-hybridized carbons (Fsp3) is 0.429. The number of imide groups is 1.